The SMILES string of the molecule is COc1ccc(F)cc1-c1ccnc2[nH]c([C@@H]3C[C@@H]4CN(CC(=O)N(C)CCO)C[C@@H]4C3)cc12. The Hall–Kier alpha value is -2.97. The Kier molecular flexibility index (Phi) is 6.27. The monoisotopic (exact) mass is 466 g/mol. The van der Waals surface area contributed by atoms with E-state index in [9.17, 15) is 9.18 Å². The number of benzene rings is 1. The molecular weight excluding hydrogens is 435 g/mol. The highest BCUT2D eigenvalue weighted by Crippen LogP contribution is 2.47. The molecule has 5 rings (SSSR count). The van der Waals surface area contributed by atoms with Gasteiger partial charge in [0.15, 0.2) is 0 Å². The first kappa shape index (κ1) is 22.8. The van der Waals surface area contributed by atoms with E-state index in [0.717, 1.165) is 48.1 Å². The summed E-state index contributed by atoms with van der Waals surface area (Å²) in [5, 5.41) is 10.0. The molecule has 3 aromatic rings. The molecule has 2 N–H and O–H groups in total. The quantitative estimate of drug-likeness (QED) is 0.559. The van der Waals surface area contributed by atoms with Gasteiger partial charge < -0.3 is 19.7 Å². The molecule has 34 heavy (non-hydrogen) atoms. The molecule has 0 unspecified atom stereocenters. The number of aliphatic hydroxyl groups is 1. The van der Waals surface area contributed by atoms with E-state index in [0.29, 0.717) is 36.6 Å². The van der Waals surface area contributed by atoms with Crippen LogP contribution in [0.5, 0.6) is 5.75 Å². The average molecular weight is 467 g/mol. The molecule has 1 aromatic carbocycles. The third-order valence-electron chi connectivity index (χ3n) is 7.49. The summed E-state index contributed by atoms with van der Waals surface area (Å²) >= 11 is 0. The molecule has 1 aliphatic heterocycles. The largest absolute Gasteiger partial charge is 0.496 e. The second kappa shape index (κ2) is 9.35. The highest BCUT2D eigenvalue weighted by atomic mass is 19.1. The minimum absolute atomic E-state index is 0.0117. The van der Waals surface area contributed by atoms with Gasteiger partial charge in [-0.2, -0.15) is 0 Å². The number of H-pyrrole nitrogens is 1. The van der Waals surface area contributed by atoms with Gasteiger partial charge in [0.05, 0.1) is 20.3 Å². The molecule has 0 bridgehead atoms. The van der Waals surface area contributed by atoms with Gasteiger partial charge in [-0.1, -0.05) is 0 Å². The van der Waals surface area contributed by atoms with Gasteiger partial charge in [0.1, 0.15) is 17.2 Å². The highest BCUT2D eigenvalue weighted by Gasteiger charge is 2.42. The lowest BCUT2D eigenvalue weighted by molar-refractivity contribution is -0.131. The van der Waals surface area contributed by atoms with E-state index in [1.165, 1.54) is 17.8 Å². The van der Waals surface area contributed by atoms with Crippen molar-refractivity contribution in [3.63, 3.8) is 0 Å². The number of pyridine rings is 1. The average Bonchev–Trinajstić information content (AvgIpc) is 3.51. The minimum atomic E-state index is -0.300. The third-order valence-corrected chi connectivity index (χ3v) is 7.49. The normalized spacial score (nSPS) is 22.3. The summed E-state index contributed by atoms with van der Waals surface area (Å²) in [6.45, 7) is 2.65. The van der Waals surface area contributed by atoms with Crippen molar-refractivity contribution in [2.45, 2.75) is 18.8 Å². The summed E-state index contributed by atoms with van der Waals surface area (Å²) in [6, 6.07) is 8.64. The number of ether oxygens (including phenoxy) is 1. The van der Waals surface area contributed by atoms with Crippen molar-refractivity contribution in [1.29, 1.82) is 0 Å². The van der Waals surface area contributed by atoms with Crippen LogP contribution >= 0.6 is 0 Å². The van der Waals surface area contributed by atoms with E-state index in [1.807, 2.05) is 6.07 Å². The number of aromatic amines is 1. The standard InChI is InChI=1S/C26H31FN4O3/c1-30(7-8-32)25(33)15-31-13-17-9-16(10-18(17)14-31)23-12-22-20(5-6-28-26(22)29-23)21-11-19(27)3-4-24(21)34-2/h3-6,11-12,16-18,32H,7-10,13-15H2,1-2H3,(H,28,29)/t16-,17-,18+. The van der Waals surface area contributed by atoms with Crippen LogP contribution in [0.2, 0.25) is 0 Å². The number of aliphatic hydroxyl groups excluding tert-OH is 1. The first-order valence-electron chi connectivity index (χ1n) is 11.9. The predicted octanol–water partition coefficient (Wildman–Crippen LogP) is 3.25. The van der Waals surface area contributed by atoms with Gasteiger partial charge in [0.25, 0.3) is 0 Å². The third kappa shape index (κ3) is 4.28. The zero-order valence-electron chi connectivity index (χ0n) is 19.6. The van der Waals surface area contributed by atoms with Crippen molar-refractivity contribution in [2.75, 3.05) is 46.9 Å². The van der Waals surface area contributed by atoms with Crippen molar-refractivity contribution in [3.8, 4) is 16.9 Å². The summed E-state index contributed by atoms with van der Waals surface area (Å²) in [4.78, 5) is 24.2. The molecule has 7 nitrogen and oxygen atoms in total. The van der Waals surface area contributed by atoms with Crippen LogP contribution in [-0.4, -0.2) is 77.7 Å². The number of hydrogen-bond donors (Lipinski definition) is 2. The van der Waals surface area contributed by atoms with Crippen LogP contribution in [0.15, 0.2) is 36.5 Å². The number of hydrogen-bond acceptors (Lipinski definition) is 5. The number of methoxy groups -OCH3 is 1. The van der Waals surface area contributed by atoms with Crippen LogP contribution in [-0.2, 0) is 4.79 Å². The van der Waals surface area contributed by atoms with Crippen molar-refractivity contribution < 1.29 is 19.0 Å². The number of aromatic nitrogens is 2. The van der Waals surface area contributed by atoms with Crippen molar-refractivity contribution in [2.24, 2.45) is 11.8 Å². The lowest BCUT2D eigenvalue weighted by Crippen LogP contribution is -2.39. The van der Waals surface area contributed by atoms with Gasteiger partial charge >= 0.3 is 0 Å². The fraction of sp³-hybridized carbons (Fsp3) is 0.462. The maximum absolute atomic E-state index is 14.0. The topological polar surface area (TPSA) is 81.7 Å². The van der Waals surface area contributed by atoms with Gasteiger partial charge in [-0.25, -0.2) is 9.37 Å². The van der Waals surface area contributed by atoms with E-state index < -0.39 is 0 Å². The van der Waals surface area contributed by atoms with Crippen LogP contribution in [0.3, 0.4) is 0 Å². The molecule has 1 saturated carbocycles. The molecule has 3 heterocycles. The molecule has 2 aliphatic rings. The summed E-state index contributed by atoms with van der Waals surface area (Å²) in [7, 11) is 3.33. The number of carbonyl (C=O) groups is 1. The van der Waals surface area contributed by atoms with Crippen LogP contribution in [0, 0.1) is 17.7 Å². The van der Waals surface area contributed by atoms with Gasteiger partial charge in [-0.05, 0) is 66.5 Å². The summed E-state index contributed by atoms with van der Waals surface area (Å²) < 4.78 is 19.5. The molecule has 1 amide bonds. The molecule has 0 spiro atoms. The van der Waals surface area contributed by atoms with E-state index in [-0.39, 0.29) is 18.3 Å². The molecule has 3 atom stereocenters. The molecule has 2 aromatic heterocycles. The Morgan fingerprint density at radius 1 is 1.24 bits per heavy atom. The number of carbonyl (C=O) groups excluding carboxylic acids is 1. The van der Waals surface area contributed by atoms with E-state index in [4.69, 9.17) is 9.84 Å². The first-order chi connectivity index (χ1) is 16.5. The Morgan fingerprint density at radius 3 is 2.71 bits per heavy atom. The van der Waals surface area contributed by atoms with Gasteiger partial charge in [-0.3, -0.25) is 9.69 Å². The van der Waals surface area contributed by atoms with Crippen LogP contribution in [0.25, 0.3) is 22.2 Å². The zero-order valence-corrected chi connectivity index (χ0v) is 19.6. The maximum atomic E-state index is 14.0. The summed E-state index contributed by atoms with van der Waals surface area (Å²) in [6.07, 6.45) is 3.90. The van der Waals surface area contributed by atoms with Gasteiger partial charge in [0, 0.05) is 49.5 Å². The second-order valence-electron chi connectivity index (χ2n) is 9.61. The molecule has 1 aliphatic carbocycles. The number of fused-ring (bicyclic) bond motifs is 2. The molecular formula is C26H31FN4O3. The summed E-state index contributed by atoms with van der Waals surface area (Å²) in [5.74, 6) is 1.96. The molecule has 1 saturated heterocycles. The molecule has 0 radical (unpaired) electrons. The van der Waals surface area contributed by atoms with Crippen LogP contribution in [0.4, 0.5) is 4.39 Å². The van der Waals surface area contributed by atoms with Crippen molar-refractivity contribution in [1.82, 2.24) is 19.8 Å². The second-order valence-corrected chi connectivity index (χ2v) is 9.61. The van der Waals surface area contributed by atoms with Gasteiger partial charge in [0.2, 0.25) is 5.91 Å². The fourth-order valence-corrected chi connectivity index (χ4v) is 5.76. The van der Waals surface area contributed by atoms with E-state index >= 15 is 0 Å². The number of amides is 1. The maximum Gasteiger partial charge on any atom is 0.236 e. The summed E-state index contributed by atoms with van der Waals surface area (Å²) in [5.41, 5.74) is 3.59. The number of nitrogens with one attached hydrogen (secondary N) is 1. The van der Waals surface area contributed by atoms with Gasteiger partial charge in [-0.15, -0.1) is 0 Å². The number of likely N-dealkylation sites (N-methyl/N-ethyl adjacent to an activating group) is 1. The Balaban J connectivity index is 1.32. The lowest BCUT2D eigenvalue weighted by atomic mass is 9.99. The smallest absolute Gasteiger partial charge is 0.236 e. The van der Waals surface area contributed by atoms with E-state index in [1.54, 1.807) is 31.3 Å². The highest BCUT2D eigenvalue weighted by molar-refractivity contribution is 5.95. The first-order valence-corrected chi connectivity index (χ1v) is 11.9. The van der Waals surface area contributed by atoms with Crippen LogP contribution in [0.1, 0.15) is 24.5 Å². The number of nitrogens with zero attached hydrogens (tertiary/aromatic N) is 3. The number of likely N-dealkylation sites (tertiary alicyclic amines) is 1. The van der Waals surface area contributed by atoms with E-state index in [2.05, 4.69) is 20.9 Å². The molecule has 8 heteroatoms. The minimum Gasteiger partial charge on any atom is -0.496 e. The number of rotatable bonds is 7. The zero-order chi connectivity index (χ0) is 23.8. The molecule has 180 valence electrons. The van der Waals surface area contributed by atoms with Crippen molar-refractivity contribution in [3.05, 3.63) is 48.0 Å². The number of halogens is 1. The fourth-order valence-electron chi connectivity index (χ4n) is 5.76. The Bertz CT molecular complexity index is 1180. The van der Waals surface area contributed by atoms with Crippen molar-refractivity contribution >= 4 is 16.9 Å². The Morgan fingerprint density at radius 2 is 2.00 bits per heavy atom. The molecule has 2 fully saturated rings. The van der Waals surface area contributed by atoms with Crippen LogP contribution < -0.4 is 4.74 Å². The lowest BCUT2D eigenvalue weighted by Gasteiger charge is -2.22. The predicted molar refractivity (Wildman–Crippen MR) is 128 cm³/mol. The Labute approximate surface area is 198 Å².